The maximum Gasteiger partial charge on any atom is 0.153 e. The number of benzene rings is 3. The van der Waals surface area contributed by atoms with E-state index in [4.69, 9.17) is 37.8 Å². The Kier molecular flexibility index (Phi) is 6.99. The second-order valence-electron chi connectivity index (χ2n) is 6.13. The molecule has 0 fully saturated rings. The molecule has 0 saturated heterocycles. The molecule has 0 atom stereocenters. The zero-order valence-corrected chi connectivity index (χ0v) is 16.8. The number of aldehydes is 1. The molecule has 0 spiro atoms. The van der Waals surface area contributed by atoms with E-state index in [0.717, 1.165) is 16.7 Å². The first kappa shape index (κ1) is 21.0. The Labute approximate surface area is 178 Å². The average molecular weight is 433 g/mol. The summed E-state index contributed by atoms with van der Waals surface area (Å²) in [5.74, 6) is 0.668. The third kappa shape index (κ3) is 5.01. The van der Waals surface area contributed by atoms with Crippen LogP contribution in [0.25, 0.3) is 11.1 Å². The number of phenols is 1. The normalized spacial score (nSPS) is 10.6. The maximum absolute atomic E-state index is 10.9. The van der Waals surface area contributed by atoms with Gasteiger partial charge in [-0.1, -0.05) is 53.5 Å². The molecule has 150 valence electrons. The van der Waals surface area contributed by atoms with E-state index in [1.807, 2.05) is 36.4 Å². The minimum Gasteiger partial charge on any atom is -0.507 e. The van der Waals surface area contributed by atoms with Gasteiger partial charge in [0.05, 0.1) is 22.2 Å². The van der Waals surface area contributed by atoms with E-state index < -0.39 is 0 Å². The fourth-order valence-electron chi connectivity index (χ4n) is 2.75. The summed E-state index contributed by atoms with van der Waals surface area (Å²) in [6, 6.07) is 15.6. The SMILES string of the molecule is O=Cc1cc(Cl)c(OCc2cccc(-c3cccc(OCCO)c3)c2Cl)cc1O. The summed E-state index contributed by atoms with van der Waals surface area (Å²) in [7, 11) is 0. The van der Waals surface area contributed by atoms with Crippen LogP contribution in [0.5, 0.6) is 17.2 Å². The van der Waals surface area contributed by atoms with Crippen LogP contribution >= 0.6 is 23.2 Å². The van der Waals surface area contributed by atoms with Crippen molar-refractivity contribution in [2.75, 3.05) is 13.2 Å². The number of carbonyl (C=O) groups excluding carboxylic acids is 1. The lowest BCUT2D eigenvalue weighted by molar-refractivity contribution is 0.112. The van der Waals surface area contributed by atoms with Gasteiger partial charge in [-0.2, -0.15) is 0 Å². The summed E-state index contributed by atoms with van der Waals surface area (Å²) < 4.78 is 11.2. The summed E-state index contributed by atoms with van der Waals surface area (Å²) in [5.41, 5.74) is 2.47. The average Bonchev–Trinajstić information content (AvgIpc) is 2.73. The molecule has 0 heterocycles. The zero-order valence-electron chi connectivity index (χ0n) is 15.3. The number of ether oxygens (including phenoxy) is 2. The Bertz CT molecular complexity index is 1020. The highest BCUT2D eigenvalue weighted by atomic mass is 35.5. The minimum absolute atomic E-state index is 0.0657. The van der Waals surface area contributed by atoms with Crippen LogP contribution in [-0.4, -0.2) is 29.7 Å². The molecular formula is C22H18Cl2O5. The van der Waals surface area contributed by atoms with Crippen LogP contribution < -0.4 is 9.47 Å². The van der Waals surface area contributed by atoms with E-state index in [-0.39, 0.29) is 41.9 Å². The Hall–Kier alpha value is -2.73. The predicted octanol–water partition coefficient (Wildman–Crippen LogP) is 5.13. The van der Waals surface area contributed by atoms with Crippen molar-refractivity contribution in [1.82, 2.24) is 0 Å². The number of hydrogen-bond acceptors (Lipinski definition) is 5. The largest absolute Gasteiger partial charge is 0.507 e. The van der Waals surface area contributed by atoms with Crippen LogP contribution in [0.2, 0.25) is 10.0 Å². The van der Waals surface area contributed by atoms with Gasteiger partial charge in [0, 0.05) is 17.2 Å². The number of aliphatic hydroxyl groups is 1. The Morgan fingerprint density at radius 2 is 1.79 bits per heavy atom. The first-order valence-corrected chi connectivity index (χ1v) is 9.51. The molecule has 5 nitrogen and oxygen atoms in total. The van der Waals surface area contributed by atoms with E-state index in [0.29, 0.717) is 17.1 Å². The lowest BCUT2D eigenvalue weighted by atomic mass is 10.0. The molecule has 7 heteroatoms. The molecule has 0 unspecified atom stereocenters. The van der Waals surface area contributed by atoms with Crippen LogP contribution in [0.1, 0.15) is 15.9 Å². The third-order valence-electron chi connectivity index (χ3n) is 4.18. The molecule has 3 aromatic rings. The molecule has 2 N–H and O–H groups in total. The number of carbonyl (C=O) groups is 1. The first-order valence-electron chi connectivity index (χ1n) is 8.75. The summed E-state index contributed by atoms with van der Waals surface area (Å²) >= 11 is 12.7. The van der Waals surface area contributed by atoms with Crippen molar-refractivity contribution in [3.05, 3.63) is 75.8 Å². The molecule has 0 saturated carbocycles. The molecule has 29 heavy (non-hydrogen) atoms. The van der Waals surface area contributed by atoms with E-state index in [9.17, 15) is 9.90 Å². The first-order chi connectivity index (χ1) is 14.0. The molecular weight excluding hydrogens is 415 g/mol. The van der Waals surface area contributed by atoms with Crippen LogP contribution in [0.3, 0.4) is 0 Å². The van der Waals surface area contributed by atoms with Crippen LogP contribution in [-0.2, 0) is 6.61 Å². The predicted molar refractivity (Wildman–Crippen MR) is 112 cm³/mol. The van der Waals surface area contributed by atoms with Gasteiger partial charge in [-0.25, -0.2) is 0 Å². The fourth-order valence-corrected chi connectivity index (χ4v) is 3.27. The molecule has 0 bridgehead atoms. The highest BCUT2D eigenvalue weighted by Crippen LogP contribution is 2.35. The molecule has 0 amide bonds. The number of aliphatic hydroxyl groups excluding tert-OH is 1. The fraction of sp³-hybridized carbons (Fsp3) is 0.136. The van der Waals surface area contributed by atoms with Gasteiger partial charge in [-0.15, -0.1) is 0 Å². The van der Waals surface area contributed by atoms with Crippen LogP contribution in [0, 0.1) is 0 Å². The molecule has 0 aromatic heterocycles. The monoisotopic (exact) mass is 432 g/mol. The molecule has 0 aliphatic carbocycles. The number of halogens is 2. The van der Waals surface area contributed by atoms with Gasteiger partial charge >= 0.3 is 0 Å². The van der Waals surface area contributed by atoms with E-state index >= 15 is 0 Å². The van der Waals surface area contributed by atoms with E-state index in [1.54, 1.807) is 6.07 Å². The van der Waals surface area contributed by atoms with Gasteiger partial charge in [-0.3, -0.25) is 4.79 Å². The third-order valence-corrected chi connectivity index (χ3v) is 4.92. The molecule has 0 radical (unpaired) electrons. The van der Waals surface area contributed by atoms with Gasteiger partial charge in [0.1, 0.15) is 30.5 Å². The number of hydrogen-bond donors (Lipinski definition) is 2. The van der Waals surface area contributed by atoms with E-state index in [2.05, 4.69) is 0 Å². The summed E-state index contributed by atoms with van der Waals surface area (Å²) in [6.07, 6.45) is 0.518. The van der Waals surface area contributed by atoms with Gasteiger partial charge in [0.25, 0.3) is 0 Å². The Balaban J connectivity index is 1.83. The van der Waals surface area contributed by atoms with Crippen molar-refractivity contribution < 1.29 is 24.5 Å². The summed E-state index contributed by atoms with van der Waals surface area (Å²) in [4.78, 5) is 10.9. The lowest BCUT2D eigenvalue weighted by Gasteiger charge is -2.13. The van der Waals surface area contributed by atoms with Crippen molar-refractivity contribution in [2.24, 2.45) is 0 Å². The summed E-state index contributed by atoms with van der Waals surface area (Å²) in [5, 5.41) is 19.5. The van der Waals surface area contributed by atoms with Crippen molar-refractivity contribution in [3.8, 4) is 28.4 Å². The van der Waals surface area contributed by atoms with E-state index in [1.165, 1.54) is 12.1 Å². The molecule has 0 aliphatic rings. The standard InChI is InChI=1S/C22H18Cl2O5/c23-19-10-16(12-26)20(27)11-21(19)29-13-15-4-2-6-18(22(15)24)14-3-1-5-17(9-14)28-8-7-25/h1-6,9-12,25,27H,7-8,13H2. The van der Waals surface area contributed by atoms with Gasteiger partial charge in [0.15, 0.2) is 6.29 Å². The minimum atomic E-state index is -0.209. The number of phenolic OH excluding ortho intramolecular Hbond substituents is 1. The topological polar surface area (TPSA) is 76.0 Å². The number of rotatable bonds is 8. The quantitative estimate of drug-likeness (QED) is 0.482. The van der Waals surface area contributed by atoms with Crippen molar-refractivity contribution >= 4 is 29.5 Å². The second-order valence-corrected chi connectivity index (χ2v) is 6.91. The smallest absolute Gasteiger partial charge is 0.153 e. The van der Waals surface area contributed by atoms with Crippen LogP contribution in [0.15, 0.2) is 54.6 Å². The highest BCUT2D eigenvalue weighted by molar-refractivity contribution is 6.34. The van der Waals surface area contributed by atoms with Gasteiger partial charge in [0.2, 0.25) is 0 Å². The van der Waals surface area contributed by atoms with Crippen molar-refractivity contribution in [2.45, 2.75) is 6.61 Å². The Morgan fingerprint density at radius 1 is 1.00 bits per heavy atom. The molecule has 0 aliphatic heterocycles. The number of aromatic hydroxyl groups is 1. The maximum atomic E-state index is 10.9. The van der Waals surface area contributed by atoms with Crippen molar-refractivity contribution in [1.29, 1.82) is 0 Å². The van der Waals surface area contributed by atoms with Crippen molar-refractivity contribution in [3.63, 3.8) is 0 Å². The Morgan fingerprint density at radius 3 is 2.55 bits per heavy atom. The zero-order chi connectivity index (χ0) is 20.8. The van der Waals surface area contributed by atoms with Crippen LogP contribution in [0.4, 0.5) is 0 Å². The van der Waals surface area contributed by atoms with Gasteiger partial charge in [-0.05, 0) is 23.8 Å². The van der Waals surface area contributed by atoms with Gasteiger partial charge < -0.3 is 19.7 Å². The lowest BCUT2D eigenvalue weighted by Crippen LogP contribution is -2.01. The highest BCUT2D eigenvalue weighted by Gasteiger charge is 2.12. The second kappa shape index (κ2) is 9.65. The molecule has 3 aromatic carbocycles. The molecule has 3 rings (SSSR count). The summed E-state index contributed by atoms with van der Waals surface area (Å²) in [6.45, 7) is 0.262.